The topological polar surface area (TPSA) is 95.6 Å². The number of halogens is 2. The summed E-state index contributed by atoms with van der Waals surface area (Å²) in [6.07, 6.45) is 1.30. The van der Waals surface area contributed by atoms with Gasteiger partial charge in [-0.25, -0.2) is 17.2 Å². The number of amides is 2. The number of nitrogens with one attached hydrogen (secondary N) is 2. The highest BCUT2D eigenvalue weighted by molar-refractivity contribution is 7.92. The van der Waals surface area contributed by atoms with Crippen molar-refractivity contribution >= 4 is 38.9 Å². The first-order chi connectivity index (χ1) is 15.7. The number of benzene rings is 3. The highest BCUT2D eigenvalue weighted by Gasteiger charge is 2.22. The third-order valence-electron chi connectivity index (χ3n) is 5.09. The van der Waals surface area contributed by atoms with E-state index in [9.17, 15) is 26.8 Å². The molecule has 0 aliphatic carbocycles. The van der Waals surface area contributed by atoms with Crippen LogP contribution in [0.1, 0.15) is 23.2 Å². The number of carbonyl (C=O) groups is 2. The van der Waals surface area contributed by atoms with Crippen LogP contribution in [0.4, 0.5) is 25.8 Å². The molecule has 0 unspecified atom stereocenters. The molecule has 3 aromatic rings. The lowest BCUT2D eigenvalue weighted by molar-refractivity contribution is -0.117. The summed E-state index contributed by atoms with van der Waals surface area (Å²) >= 11 is 0. The molecule has 10 heteroatoms. The Morgan fingerprint density at radius 1 is 0.909 bits per heavy atom. The second-order valence-corrected chi connectivity index (χ2v) is 9.09. The van der Waals surface area contributed by atoms with Gasteiger partial charge < -0.3 is 10.2 Å². The van der Waals surface area contributed by atoms with Crippen molar-refractivity contribution in [2.45, 2.75) is 17.7 Å². The van der Waals surface area contributed by atoms with Crippen LogP contribution < -0.4 is 14.9 Å². The lowest BCUT2D eigenvalue weighted by Crippen LogP contribution is -2.23. The van der Waals surface area contributed by atoms with Crippen LogP contribution in [0.2, 0.25) is 0 Å². The van der Waals surface area contributed by atoms with E-state index in [1.165, 1.54) is 24.3 Å². The molecule has 2 N–H and O–H groups in total. The summed E-state index contributed by atoms with van der Waals surface area (Å²) in [4.78, 5) is 25.8. The summed E-state index contributed by atoms with van der Waals surface area (Å²) in [5, 5.41) is 2.75. The molecule has 1 heterocycles. The lowest BCUT2D eigenvalue weighted by atomic mass is 10.2. The van der Waals surface area contributed by atoms with Gasteiger partial charge in [-0.15, -0.1) is 0 Å². The maximum absolute atomic E-state index is 13.4. The van der Waals surface area contributed by atoms with Crippen molar-refractivity contribution in [3.05, 3.63) is 83.9 Å². The molecule has 2 amide bonds. The molecule has 0 radical (unpaired) electrons. The van der Waals surface area contributed by atoms with E-state index >= 15 is 0 Å². The number of nitrogens with zero attached hydrogens (tertiary/aromatic N) is 1. The zero-order chi connectivity index (χ0) is 23.6. The largest absolute Gasteiger partial charge is 0.322 e. The molecular formula is C23H19F2N3O4S. The van der Waals surface area contributed by atoms with Crippen LogP contribution >= 0.6 is 0 Å². The van der Waals surface area contributed by atoms with Gasteiger partial charge in [0.1, 0.15) is 0 Å². The second kappa shape index (κ2) is 8.99. The minimum absolute atomic E-state index is 0.0416. The van der Waals surface area contributed by atoms with Crippen LogP contribution in [-0.4, -0.2) is 26.8 Å². The first-order valence-corrected chi connectivity index (χ1v) is 11.5. The van der Waals surface area contributed by atoms with E-state index in [0.29, 0.717) is 30.4 Å². The fraction of sp³-hybridized carbons (Fsp3) is 0.130. The van der Waals surface area contributed by atoms with Crippen molar-refractivity contribution in [2.24, 2.45) is 0 Å². The standard InChI is InChI=1S/C23H19F2N3O4S/c24-20-11-10-19(14-21(20)25)33(31,32)27-16-8-6-15(7-9-16)23(30)26-17-3-1-4-18(13-17)28-12-2-5-22(28)29/h1,3-4,6-11,13-14,27H,2,5,12H2,(H,26,30). The third kappa shape index (κ3) is 5.01. The highest BCUT2D eigenvalue weighted by Crippen LogP contribution is 2.25. The summed E-state index contributed by atoms with van der Waals surface area (Å²) in [7, 11) is -4.14. The van der Waals surface area contributed by atoms with E-state index in [4.69, 9.17) is 0 Å². The van der Waals surface area contributed by atoms with Crippen molar-refractivity contribution in [1.82, 2.24) is 0 Å². The minimum Gasteiger partial charge on any atom is -0.322 e. The van der Waals surface area contributed by atoms with Gasteiger partial charge in [0, 0.05) is 35.6 Å². The van der Waals surface area contributed by atoms with Crippen molar-refractivity contribution in [1.29, 1.82) is 0 Å². The van der Waals surface area contributed by atoms with Crippen molar-refractivity contribution < 1.29 is 26.8 Å². The summed E-state index contributed by atoms with van der Waals surface area (Å²) in [6.45, 7) is 0.637. The molecule has 1 aliphatic rings. The number of hydrogen-bond donors (Lipinski definition) is 2. The Kier molecular flexibility index (Phi) is 6.10. The minimum atomic E-state index is -4.14. The van der Waals surface area contributed by atoms with E-state index in [0.717, 1.165) is 18.6 Å². The molecule has 0 saturated carbocycles. The smallest absolute Gasteiger partial charge is 0.261 e. The maximum Gasteiger partial charge on any atom is 0.261 e. The normalized spacial score (nSPS) is 13.8. The van der Waals surface area contributed by atoms with Crippen LogP contribution in [0, 0.1) is 11.6 Å². The van der Waals surface area contributed by atoms with Gasteiger partial charge in [0.05, 0.1) is 4.90 Å². The fourth-order valence-corrected chi connectivity index (χ4v) is 4.49. The Balaban J connectivity index is 1.44. The van der Waals surface area contributed by atoms with Crippen LogP contribution in [0.25, 0.3) is 0 Å². The van der Waals surface area contributed by atoms with E-state index in [1.807, 2.05) is 0 Å². The summed E-state index contributed by atoms with van der Waals surface area (Å²) < 4.78 is 53.4. The van der Waals surface area contributed by atoms with Gasteiger partial charge in [-0.2, -0.15) is 0 Å². The molecule has 33 heavy (non-hydrogen) atoms. The molecule has 0 aromatic heterocycles. The zero-order valence-electron chi connectivity index (χ0n) is 17.2. The van der Waals surface area contributed by atoms with E-state index in [-0.39, 0.29) is 17.2 Å². The first-order valence-electron chi connectivity index (χ1n) is 10.0. The van der Waals surface area contributed by atoms with Gasteiger partial charge in [0.25, 0.3) is 15.9 Å². The van der Waals surface area contributed by atoms with Gasteiger partial charge in [-0.1, -0.05) is 6.07 Å². The SMILES string of the molecule is O=C(Nc1cccc(N2CCCC2=O)c1)c1ccc(NS(=O)(=O)c2ccc(F)c(F)c2)cc1. The summed E-state index contributed by atoms with van der Waals surface area (Å²) in [5.74, 6) is -2.81. The summed E-state index contributed by atoms with van der Waals surface area (Å²) in [6, 6.07) is 14.8. The van der Waals surface area contributed by atoms with E-state index < -0.39 is 32.5 Å². The first kappa shape index (κ1) is 22.4. The molecule has 1 saturated heterocycles. The Labute approximate surface area is 189 Å². The Hall–Kier alpha value is -3.79. The lowest BCUT2D eigenvalue weighted by Gasteiger charge is -2.16. The molecule has 0 bridgehead atoms. The molecule has 1 aliphatic heterocycles. The van der Waals surface area contributed by atoms with Gasteiger partial charge in [0.2, 0.25) is 5.91 Å². The van der Waals surface area contributed by atoms with Crippen molar-refractivity contribution in [2.75, 3.05) is 21.5 Å². The Morgan fingerprint density at radius 2 is 1.67 bits per heavy atom. The number of anilines is 3. The molecule has 1 fully saturated rings. The molecule has 0 atom stereocenters. The highest BCUT2D eigenvalue weighted by atomic mass is 32.2. The quantitative estimate of drug-likeness (QED) is 0.565. The number of sulfonamides is 1. The summed E-state index contributed by atoms with van der Waals surface area (Å²) in [5.41, 5.74) is 1.64. The van der Waals surface area contributed by atoms with E-state index in [2.05, 4.69) is 10.0 Å². The van der Waals surface area contributed by atoms with Gasteiger partial charge in [-0.3, -0.25) is 14.3 Å². The maximum atomic E-state index is 13.4. The molecular weight excluding hydrogens is 452 g/mol. The molecule has 0 spiro atoms. The van der Waals surface area contributed by atoms with E-state index in [1.54, 1.807) is 29.2 Å². The van der Waals surface area contributed by atoms with Gasteiger partial charge in [-0.05, 0) is 67.1 Å². The molecule has 4 rings (SSSR count). The van der Waals surface area contributed by atoms with Crippen LogP contribution in [0.5, 0.6) is 0 Å². The average molecular weight is 471 g/mol. The van der Waals surface area contributed by atoms with Gasteiger partial charge in [0.15, 0.2) is 11.6 Å². The Morgan fingerprint density at radius 3 is 2.33 bits per heavy atom. The third-order valence-corrected chi connectivity index (χ3v) is 6.47. The van der Waals surface area contributed by atoms with Crippen molar-refractivity contribution in [3.63, 3.8) is 0 Å². The number of hydrogen-bond acceptors (Lipinski definition) is 4. The monoisotopic (exact) mass is 471 g/mol. The van der Waals surface area contributed by atoms with Crippen LogP contribution in [-0.2, 0) is 14.8 Å². The molecule has 3 aromatic carbocycles. The predicted molar refractivity (Wildman–Crippen MR) is 120 cm³/mol. The van der Waals surface area contributed by atoms with Gasteiger partial charge >= 0.3 is 0 Å². The number of carbonyl (C=O) groups excluding carboxylic acids is 2. The number of rotatable bonds is 6. The second-order valence-electron chi connectivity index (χ2n) is 7.41. The Bertz CT molecular complexity index is 1330. The fourth-order valence-electron chi connectivity index (χ4n) is 3.42. The predicted octanol–water partition coefficient (Wildman–Crippen LogP) is 4.14. The van der Waals surface area contributed by atoms with Crippen molar-refractivity contribution in [3.8, 4) is 0 Å². The molecule has 170 valence electrons. The van der Waals surface area contributed by atoms with Crippen LogP contribution in [0.3, 0.4) is 0 Å². The average Bonchev–Trinajstić information content (AvgIpc) is 3.22. The molecule has 7 nitrogen and oxygen atoms in total. The van der Waals surface area contributed by atoms with Crippen LogP contribution in [0.15, 0.2) is 71.6 Å². The zero-order valence-corrected chi connectivity index (χ0v) is 18.0.